The number of hydrogen-bond acceptors (Lipinski definition) is 3. The third-order valence-electron chi connectivity index (χ3n) is 3.78. The van der Waals surface area contributed by atoms with E-state index in [-0.39, 0.29) is 17.6 Å². The van der Waals surface area contributed by atoms with Gasteiger partial charge in [-0.2, -0.15) is 0 Å². The summed E-state index contributed by atoms with van der Waals surface area (Å²) in [5.74, 6) is 0.489. The Balaban J connectivity index is 1.99. The second kappa shape index (κ2) is 3.22. The molecule has 3 heteroatoms. The first-order chi connectivity index (χ1) is 7.61. The molecule has 0 radical (unpaired) electrons. The van der Waals surface area contributed by atoms with Crippen LogP contribution in [0.2, 0.25) is 0 Å². The molecule has 2 aliphatic rings. The molecule has 1 aromatic carbocycles. The first kappa shape index (κ1) is 10.1. The molecular formula is C13H16O3. The van der Waals surface area contributed by atoms with E-state index in [4.69, 9.17) is 9.47 Å². The van der Waals surface area contributed by atoms with Gasteiger partial charge in [0, 0.05) is 11.5 Å². The number of phenols is 1. The van der Waals surface area contributed by atoms with E-state index >= 15 is 0 Å². The van der Waals surface area contributed by atoms with Crippen LogP contribution in [0.3, 0.4) is 0 Å². The lowest BCUT2D eigenvalue weighted by Crippen LogP contribution is -2.32. The number of benzene rings is 1. The van der Waals surface area contributed by atoms with Gasteiger partial charge in [-0.05, 0) is 19.9 Å². The number of ether oxygens (including phenoxy) is 2. The molecule has 2 aliphatic heterocycles. The minimum absolute atomic E-state index is 0.135. The van der Waals surface area contributed by atoms with E-state index in [1.165, 1.54) is 0 Å². The maximum absolute atomic E-state index is 9.93. The first-order valence-corrected chi connectivity index (χ1v) is 5.66. The minimum Gasteiger partial charge on any atom is -0.508 e. The average Bonchev–Trinajstić information content (AvgIpc) is 2.93. The number of fused-ring (bicyclic) bond motifs is 1. The number of phenolic OH excluding ortho intramolecular Hbond substituents is 1. The van der Waals surface area contributed by atoms with Crippen molar-refractivity contribution in [1.29, 1.82) is 0 Å². The Morgan fingerprint density at radius 1 is 1.38 bits per heavy atom. The number of rotatable bonds is 1. The Bertz CT molecular complexity index is 429. The lowest BCUT2D eigenvalue weighted by atomic mass is 9.83. The highest BCUT2D eigenvalue weighted by molar-refractivity contribution is 5.41. The van der Waals surface area contributed by atoms with Gasteiger partial charge in [-0.3, -0.25) is 0 Å². The zero-order valence-corrected chi connectivity index (χ0v) is 9.56. The van der Waals surface area contributed by atoms with Gasteiger partial charge in [-0.1, -0.05) is 17.7 Å². The van der Waals surface area contributed by atoms with E-state index in [0.29, 0.717) is 19.0 Å². The molecule has 2 heterocycles. The molecule has 0 amide bonds. The van der Waals surface area contributed by atoms with Crippen LogP contribution in [0.25, 0.3) is 0 Å². The fraction of sp³-hybridized carbons (Fsp3) is 0.538. The van der Waals surface area contributed by atoms with Crippen LogP contribution in [0.5, 0.6) is 5.75 Å². The summed E-state index contributed by atoms with van der Waals surface area (Å²) >= 11 is 0. The van der Waals surface area contributed by atoms with E-state index in [9.17, 15) is 5.11 Å². The van der Waals surface area contributed by atoms with Crippen molar-refractivity contribution in [2.75, 3.05) is 13.2 Å². The highest BCUT2D eigenvalue weighted by Gasteiger charge is 2.60. The molecular weight excluding hydrogens is 204 g/mol. The molecule has 3 rings (SSSR count). The third kappa shape index (κ3) is 1.35. The van der Waals surface area contributed by atoms with E-state index in [1.54, 1.807) is 6.07 Å². The van der Waals surface area contributed by atoms with Crippen molar-refractivity contribution in [3.63, 3.8) is 0 Å². The average molecular weight is 220 g/mol. The molecule has 3 nitrogen and oxygen atoms in total. The van der Waals surface area contributed by atoms with Gasteiger partial charge in [-0.15, -0.1) is 0 Å². The van der Waals surface area contributed by atoms with E-state index in [1.807, 2.05) is 19.1 Å². The van der Waals surface area contributed by atoms with Gasteiger partial charge < -0.3 is 14.6 Å². The predicted molar refractivity (Wildman–Crippen MR) is 59.7 cm³/mol. The van der Waals surface area contributed by atoms with Crippen LogP contribution in [0.1, 0.15) is 24.0 Å². The van der Waals surface area contributed by atoms with Crippen molar-refractivity contribution < 1.29 is 14.6 Å². The smallest absolute Gasteiger partial charge is 0.119 e. The maximum Gasteiger partial charge on any atom is 0.119 e. The van der Waals surface area contributed by atoms with Gasteiger partial charge in [0.25, 0.3) is 0 Å². The van der Waals surface area contributed by atoms with Crippen LogP contribution >= 0.6 is 0 Å². The van der Waals surface area contributed by atoms with E-state index in [0.717, 1.165) is 11.1 Å². The van der Waals surface area contributed by atoms with Crippen molar-refractivity contribution in [3.8, 4) is 5.75 Å². The fourth-order valence-corrected chi connectivity index (χ4v) is 2.59. The highest BCUT2D eigenvalue weighted by atomic mass is 16.6. The number of hydrogen-bond donors (Lipinski definition) is 1. The summed E-state index contributed by atoms with van der Waals surface area (Å²) in [7, 11) is 0. The molecule has 0 unspecified atom stereocenters. The van der Waals surface area contributed by atoms with Gasteiger partial charge >= 0.3 is 0 Å². The third-order valence-corrected chi connectivity index (χ3v) is 3.78. The van der Waals surface area contributed by atoms with Crippen molar-refractivity contribution in [2.45, 2.75) is 31.5 Å². The molecule has 0 bridgehead atoms. The van der Waals surface area contributed by atoms with Crippen molar-refractivity contribution >= 4 is 0 Å². The standard InChI is InChI=1S/C13H16O3/c1-8-3-4-11(14)9(5-8)10-6-15-7-12-13(10,2)16-12/h3-5,10,12,14H,6-7H2,1-2H3/t10-,12-,13+/m0/s1. The van der Waals surface area contributed by atoms with E-state index < -0.39 is 0 Å². The van der Waals surface area contributed by atoms with Gasteiger partial charge in [0.1, 0.15) is 17.5 Å². The molecule has 0 spiro atoms. The largest absolute Gasteiger partial charge is 0.508 e. The van der Waals surface area contributed by atoms with Crippen LogP contribution in [0.15, 0.2) is 18.2 Å². The summed E-state index contributed by atoms with van der Waals surface area (Å²) in [4.78, 5) is 0. The van der Waals surface area contributed by atoms with Crippen LogP contribution in [-0.2, 0) is 9.47 Å². The van der Waals surface area contributed by atoms with Crippen LogP contribution in [-0.4, -0.2) is 30.0 Å². The van der Waals surface area contributed by atoms with Crippen LogP contribution in [0, 0.1) is 6.92 Å². The van der Waals surface area contributed by atoms with Crippen molar-refractivity contribution in [1.82, 2.24) is 0 Å². The molecule has 2 fully saturated rings. The molecule has 1 aromatic rings. The number of aromatic hydroxyl groups is 1. The quantitative estimate of drug-likeness (QED) is 0.736. The topological polar surface area (TPSA) is 42.0 Å². The summed E-state index contributed by atoms with van der Waals surface area (Å²) in [5, 5.41) is 9.93. The highest BCUT2D eigenvalue weighted by Crippen LogP contribution is 2.52. The van der Waals surface area contributed by atoms with Crippen molar-refractivity contribution in [2.24, 2.45) is 0 Å². The molecule has 86 valence electrons. The Morgan fingerprint density at radius 3 is 3.00 bits per heavy atom. The zero-order chi connectivity index (χ0) is 11.3. The SMILES string of the molecule is Cc1ccc(O)c([C@@H]2COC[C@@H]3O[C@@]32C)c1. The molecule has 3 atom stereocenters. The molecule has 1 N–H and O–H groups in total. The summed E-state index contributed by atoms with van der Waals surface area (Å²) < 4.78 is 11.2. The predicted octanol–water partition coefficient (Wildman–Crippen LogP) is 1.97. The lowest BCUT2D eigenvalue weighted by molar-refractivity contribution is 0.0829. The monoisotopic (exact) mass is 220 g/mol. The second-order valence-electron chi connectivity index (χ2n) is 4.94. The van der Waals surface area contributed by atoms with Crippen molar-refractivity contribution in [3.05, 3.63) is 29.3 Å². The van der Waals surface area contributed by atoms with Gasteiger partial charge in [0.2, 0.25) is 0 Å². The molecule has 16 heavy (non-hydrogen) atoms. The molecule has 0 saturated carbocycles. The van der Waals surface area contributed by atoms with Gasteiger partial charge in [0.05, 0.1) is 13.2 Å². The van der Waals surface area contributed by atoms with Crippen LogP contribution < -0.4 is 0 Å². The molecule has 0 aliphatic carbocycles. The zero-order valence-electron chi connectivity index (χ0n) is 9.56. The lowest BCUT2D eigenvalue weighted by Gasteiger charge is -2.26. The second-order valence-corrected chi connectivity index (χ2v) is 4.94. The molecule has 0 aromatic heterocycles. The summed E-state index contributed by atoms with van der Waals surface area (Å²) in [6.45, 7) is 5.44. The fourth-order valence-electron chi connectivity index (χ4n) is 2.59. The van der Waals surface area contributed by atoms with Gasteiger partial charge in [-0.25, -0.2) is 0 Å². The molecule has 2 saturated heterocycles. The normalized spacial score (nSPS) is 36.9. The summed E-state index contributed by atoms with van der Waals surface area (Å²) in [6, 6.07) is 5.69. The summed E-state index contributed by atoms with van der Waals surface area (Å²) in [5.41, 5.74) is 1.97. The Kier molecular flexibility index (Phi) is 2.03. The van der Waals surface area contributed by atoms with Crippen LogP contribution in [0.4, 0.5) is 0 Å². The van der Waals surface area contributed by atoms with Gasteiger partial charge in [0.15, 0.2) is 0 Å². The first-order valence-electron chi connectivity index (χ1n) is 5.66. The number of aryl methyl sites for hydroxylation is 1. The maximum atomic E-state index is 9.93. The number of epoxide rings is 1. The Labute approximate surface area is 95.0 Å². The Morgan fingerprint density at radius 2 is 2.19 bits per heavy atom. The van der Waals surface area contributed by atoms with E-state index in [2.05, 4.69) is 6.92 Å². The Hall–Kier alpha value is -1.06. The minimum atomic E-state index is -0.135. The summed E-state index contributed by atoms with van der Waals surface area (Å²) in [6.07, 6.45) is 0.200.